The summed E-state index contributed by atoms with van der Waals surface area (Å²) in [6.07, 6.45) is 1.41. The van der Waals surface area contributed by atoms with Gasteiger partial charge in [0.2, 0.25) is 17.7 Å². The lowest BCUT2D eigenvalue weighted by Gasteiger charge is -2.31. The molecular formula is C34H34N4O4. The molecule has 0 bridgehead atoms. The smallest absolute Gasteiger partial charge is 0.253 e. The van der Waals surface area contributed by atoms with Crippen LogP contribution in [-0.2, 0) is 37.7 Å². The van der Waals surface area contributed by atoms with Crippen molar-refractivity contribution in [3.63, 3.8) is 0 Å². The molecule has 3 aromatic carbocycles. The minimum absolute atomic E-state index is 0.143. The van der Waals surface area contributed by atoms with E-state index in [1.54, 1.807) is 4.90 Å². The van der Waals surface area contributed by atoms with Crippen LogP contribution in [0.5, 0.6) is 0 Å². The van der Waals surface area contributed by atoms with Gasteiger partial charge in [-0.3, -0.25) is 29.4 Å². The summed E-state index contributed by atoms with van der Waals surface area (Å²) in [5.41, 5.74) is 2.71. The van der Waals surface area contributed by atoms with E-state index in [9.17, 15) is 19.2 Å². The van der Waals surface area contributed by atoms with Gasteiger partial charge in [0.15, 0.2) is 0 Å². The minimum Gasteiger partial charge on any atom is -0.310 e. The molecule has 1 N–H and O–H groups in total. The number of amides is 4. The van der Waals surface area contributed by atoms with Crippen LogP contribution in [0.25, 0.3) is 0 Å². The number of para-hydroxylation sites is 2. The third-order valence-corrected chi connectivity index (χ3v) is 9.35. The minimum atomic E-state index is -1.41. The van der Waals surface area contributed by atoms with Crippen LogP contribution in [-0.4, -0.2) is 47.7 Å². The molecule has 4 heterocycles. The summed E-state index contributed by atoms with van der Waals surface area (Å²) in [5.74, 6) is -2.40. The van der Waals surface area contributed by atoms with Gasteiger partial charge < -0.3 is 9.80 Å². The van der Waals surface area contributed by atoms with Gasteiger partial charge in [0.05, 0.1) is 18.4 Å². The fraction of sp³-hybridized carbons (Fsp3) is 0.353. The molecule has 0 radical (unpaired) electrons. The number of anilines is 2. The molecule has 2 fully saturated rings. The summed E-state index contributed by atoms with van der Waals surface area (Å²) in [6, 6.07) is 24.3. The number of nitrogens with zero attached hydrogens (tertiary/aromatic N) is 3. The molecule has 7 rings (SSSR count). The Balaban J connectivity index is 1.27. The molecule has 0 aromatic heterocycles. The van der Waals surface area contributed by atoms with Crippen LogP contribution in [0.1, 0.15) is 37.0 Å². The van der Waals surface area contributed by atoms with Crippen molar-refractivity contribution >= 4 is 35.0 Å². The first-order valence-corrected chi connectivity index (χ1v) is 14.8. The van der Waals surface area contributed by atoms with Gasteiger partial charge in [-0.15, -0.1) is 0 Å². The first-order chi connectivity index (χ1) is 20.3. The van der Waals surface area contributed by atoms with Gasteiger partial charge in [0.1, 0.15) is 12.1 Å². The Labute approximate surface area is 245 Å². The first-order valence-electron chi connectivity index (χ1n) is 14.8. The summed E-state index contributed by atoms with van der Waals surface area (Å²) >= 11 is 0. The van der Waals surface area contributed by atoms with Gasteiger partial charge in [-0.1, -0.05) is 80.6 Å². The van der Waals surface area contributed by atoms with E-state index >= 15 is 0 Å². The SMILES string of the molecule is CC(C)CC1NC2(C(=O)N(CC(=O)N3CCc4ccccc43)c3ccccc32)C2C(=O)N(Cc3ccccc3)C(=O)C12. The number of nitrogens with one attached hydrogen (secondary N) is 1. The predicted octanol–water partition coefficient (Wildman–Crippen LogP) is 3.64. The van der Waals surface area contributed by atoms with Gasteiger partial charge >= 0.3 is 0 Å². The number of hydrogen-bond donors (Lipinski definition) is 1. The maximum absolute atomic E-state index is 14.7. The van der Waals surface area contributed by atoms with Crippen molar-refractivity contribution in [3.05, 3.63) is 95.6 Å². The summed E-state index contributed by atoms with van der Waals surface area (Å²) in [5, 5.41) is 3.55. The molecule has 8 heteroatoms. The van der Waals surface area contributed by atoms with Gasteiger partial charge in [0.25, 0.3) is 5.91 Å². The molecule has 3 aromatic rings. The Morgan fingerprint density at radius 2 is 1.57 bits per heavy atom. The first kappa shape index (κ1) is 26.6. The molecule has 4 aliphatic rings. The van der Waals surface area contributed by atoms with Crippen LogP contribution >= 0.6 is 0 Å². The van der Waals surface area contributed by atoms with Crippen LogP contribution < -0.4 is 15.1 Å². The Bertz CT molecular complexity index is 1600. The number of imide groups is 1. The average molecular weight is 563 g/mol. The number of rotatable bonds is 6. The zero-order chi connectivity index (χ0) is 29.2. The van der Waals surface area contributed by atoms with E-state index in [1.807, 2.05) is 78.9 Å². The van der Waals surface area contributed by atoms with Crippen molar-refractivity contribution in [2.24, 2.45) is 17.8 Å². The Morgan fingerprint density at radius 3 is 2.33 bits per heavy atom. The highest BCUT2D eigenvalue weighted by molar-refractivity contribution is 6.18. The number of fused-ring (bicyclic) bond motifs is 5. The van der Waals surface area contributed by atoms with Crippen molar-refractivity contribution in [2.75, 3.05) is 22.9 Å². The largest absolute Gasteiger partial charge is 0.310 e. The van der Waals surface area contributed by atoms with Gasteiger partial charge in [0, 0.05) is 29.5 Å². The zero-order valence-electron chi connectivity index (χ0n) is 23.8. The molecule has 42 heavy (non-hydrogen) atoms. The highest BCUT2D eigenvalue weighted by atomic mass is 16.2. The molecule has 4 aliphatic heterocycles. The third-order valence-electron chi connectivity index (χ3n) is 9.35. The fourth-order valence-electron chi connectivity index (χ4n) is 7.61. The Hall–Kier alpha value is -4.30. The number of benzene rings is 3. The maximum atomic E-state index is 14.7. The molecule has 0 aliphatic carbocycles. The van der Waals surface area contributed by atoms with E-state index < -0.39 is 17.4 Å². The lowest BCUT2D eigenvalue weighted by molar-refractivity contribution is -0.143. The third kappa shape index (κ3) is 3.85. The molecule has 4 atom stereocenters. The maximum Gasteiger partial charge on any atom is 0.253 e. The normalized spacial score (nSPS) is 26.0. The standard InChI is InChI=1S/C34H34N4O4/c1-21(2)18-25-29-30(32(41)38(31(29)40)19-22-10-4-3-5-11-22)34(35-25)24-13-7-9-15-27(24)37(33(34)42)20-28(39)36-17-16-23-12-6-8-14-26(23)36/h3-15,21,25,29-30,35H,16-20H2,1-2H3. The topological polar surface area (TPSA) is 90.0 Å². The predicted molar refractivity (Wildman–Crippen MR) is 158 cm³/mol. The molecule has 2 saturated heterocycles. The average Bonchev–Trinajstić information content (AvgIpc) is 3.69. The molecule has 4 unspecified atom stereocenters. The van der Waals surface area contributed by atoms with E-state index in [2.05, 4.69) is 19.2 Å². The van der Waals surface area contributed by atoms with E-state index in [1.165, 1.54) is 9.80 Å². The van der Waals surface area contributed by atoms with E-state index in [-0.39, 0.29) is 48.7 Å². The van der Waals surface area contributed by atoms with E-state index in [0.29, 0.717) is 24.2 Å². The number of hydrogen-bond acceptors (Lipinski definition) is 5. The summed E-state index contributed by atoms with van der Waals surface area (Å²) in [4.78, 5) is 61.2. The number of likely N-dealkylation sites (tertiary alicyclic amines) is 1. The van der Waals surface area contributed by atoms with Crippen molar-refractivity contribution in [2.45, 2.75) is 44.8 Å². The van der Waals surface area contributed by atoms with Gasteiger partial charge in [-0.2, -0.15) is 0 Å². The number of carbonyl (C=O) groups is 4. The second-order valence-electron chi connectivity index (χ2n) is 12.3. The lowest BCUT2D eigenvalue weighted by Crippen LogP contribution is -2.56. The molecule has 8 nitrogen and oxygen atoms in total. The van der Waals surface area contributed by atoms with Crippen LogP contribution in [0.4, 0.5) is 11.4 Å². The fourth-order valence-corrected chi connectivity index (χ4v) is 7.61. The summed E-state index contributed by atoms with van der Waals surface area (Å²) < 4.78 is 0. The zero-order valence-corrected chi connectivity index (χ0v) is 23.8. The Kier molecular flexibility index (Phi) is 6.27. The van der Waals surface area contributed by atoms with Crippen molar-refractivity contribution in [1.82, 2.24) is 10.2 Å². The highest BCUT2D eigenvalue weighted by Gasteiger charge is 2.71. The molecular weight excluding hydrogens is 528 g/mol. The molecule has 0 saturated carbocycles. The lowest BCUT2D eigenvalue weighted by atomic mass is 9.76. The van der Waals surface area contributed by atoms with E-state index in [0.717, 1.165) is 23.2 Å². The molecule has 214 valence electrons. The summed E-state index contributed by atoms with van der Waals surface area (Å²) in [7, 11) is 0. The van der Waals surface area contributed by atoms with Crippen molar-refractivity contribution < 1.29 is 19.2 Å². The number of carbonyl (C=O) groups excluding carboxylic acids is 4. The molecule has 1 spiro atoms. The highest BCUT2D eigenvalue weighted by Crippen LogP contribution is 2.55. The Morgan fingerprint density at radius 1 is 0.881 bits per heavy atom. The van der Waals surface area contributed by atoms with Gasteiger partial charge in [-0.05, 0) is 42.0 Å². The van der Waals surface area contributed by atoms with Crippen molar-refractivity contribution in [1.29, 1.82) is 0 Å². The van der Waals surface area contributed by atoms with E-state index in [4.69, 9.17) is 0 Å². The second kappa shape index (κ2) is 9.91. The van der Waals surface area contributed by atoms with Crippen LogP contribution in [0.2, 0.25) is 0 Å². The van der Waals surface area contributed by atoms with Gasteiger partial charge in [-0.25, -0.2) is 0 Å². The monoisotopic (exact) mass is 562 g/mol. The second-order valence-corrected chi connectivity index (χ2v) is 12.3. The van der Waals surface area contributed by atoms with Crippen LogP contribution in [0.15, 0.2) is 78.9 Å². The van der Waals surface area contributed by atoms with Crippen LogP contribution in [0, 0.1) is 17.8 Å². The van der Waals surface area contributed by atoms with Crippen molar-refractivity contribution in [3.8, 4) is 0 Å². The quantitative estimate of drug-likeness (QED) is 0.464. The van der Waals surface area contributed by atoms with Crippen LogP contribution in [0.3, 0.4) is 0 Å². The summed E-state index contributed by atoms with van der Waals surface area (Å²) in [6.45, 7) is 4.74. The molecule has 4 amide bonds.